The first-order chi connectivity index (χ1) is 10.1. The quantitative estimate of drug-likeness (QED) is 0.611. The summed E-state index contributed by atoms with van der Waals surface area (Å²) in [6, 6.07) is 6.92. The number of anilines is 1. The molecule has 0 fully saturated rings. The standard InChI is InChI=1S/C15H22N2O4/c1-21-13-9-6-5-8-12(13)17-15(20)16-11-7-3-2-4-10-14(18)19/h5-6,8-9H,2-4,7,10-11H2,1H3,(H,18,19)(H2,16,17,20). The predicted octanol–water partition coefficient (Wildman–Crippen LogP) is 2.85. The van der Waals surface area contributed by atoms with E-state index in [-0.39, 0.29) is 12.5 Å². The lowest BCUT2D eigenvalue weighted by Crippen LogP contribution is -2.29. The van der Waals surface area contributed by atoms with Crippen LogP contribution in [0.1, 0.15) is 32.1 Å². The van der Waals surface area contributed by atoms with Crippen molar-refractivity contribution in [2.45, 2.75) is 32.1 Å². The SMILES string of the molecule is COc1ccccc1NC(=O)NCCCCCCC(=O)O. The molecule has 1 aromatic carbocycles. The summed E-state index contributed by atoms with van der Waals surface area (Å²) in [7, 11) is 1.55. The number of carboxylic acids is 1. The molecule has 6 heteroatoms. The number of carboxylic acid groups (broad SMARTS) is 1. The van der Waals surface area contributed by atoms with Gasteiger partial charge in [0, 0.05) is 13.0 Å². The zero-order valence-electron chi connectivity index (χ0n) is 12.2. The smallest absolute Gasteiger partial charge is 0.319 e. The largest absolute Gasteiger partial charge is 0.495 e. The van der Waals surface area contributed by atoms with Crippen LogP contribution in [0, 0.1) is 0 Å². The van der Waals surface area contributed by atoms with Crippen molar-refractivity contribution in [2.75, 3.05) is 19.0 Å². The van der Waals surface area contributed by atoms with Crippen molar-refractivity contribution in [3.63, 3.8) is 0 Å². The molecule has 0 saturated carbocycles. The van der Waals surface area contributed by atoms with Crippen molar-refractivity contribution >= 4 is 17.7 Å². The van der Waals surface area contributed by atoms with Crippen molar-refractivity contribution in [3.8, 4) is 5.75 Å². The summed E-state index contributed by atoms with van der Waals surface area (Å²) >= 11 is 0. The molecule has 0 radical (unpaired) electrons. The second-order valence-electron chi connectivity index (χ2n) is 4.64. The molecule has 0 atom stereocenters. The Balaban J connectivity index is 2.15. The lowest BCUT2D eigenvalue weighted by atomic mass is 10.1. The summed E-state index contributed by atoms with van der Waals surface area (Å²) in [6.45, 7) is 0.564. The first-order valence-electron chi connectivity index (χ1n) is 7.03. The van der Waals surface area contributed by atoms with Crippen LogP contribution < -0.4 is 15.4 Å². The van der Waals surface area contributed by atoms with Crippen molar-refractivity contribution in [1.82, 2.24) is 5.32 Å². The van der Waals surface area contributed by atoms with E-state index in [2.05, 4.69) is 10.6 Å². The monoisotopic (exact) mass is 294 g/mol. The van der Waals surface area contributed by atoms with Crippen LogP contribution in [0.25, 0.3) is 0 Å². The molecule has 0 unspecified atom stereocenters. The van der Waals surface area contributed by atoms with Crippen molar-refractivity contribution < 1.29 is 19.4 Å². The van der Waals surface area contributed by atoms with Gasteiger partial charge in [-0.05, 0) is 25.0 Å². The van der Waals surface area contributed by atoms with Gasteiger partial charge in [0.15, 0.2) is 0 Å². The average molecular weight is 294 g/mol. The van der Waals surface area contributed by atoms with E-state index in [9.17, 15) is 9.59 Å². The third-order valence-electron chi connectivity index (χ3n) is 2.96. The molecule has 0 heterocycles. The number of rotatable bonds is 9. The summed E-state index contributed by atoms with van der Waals surface area (Å²) in [5, 5.41) is 14.0. The van der Waals surface area contributed by atoms with Crippen molar-refractivity contribution in [2.24, 2.45) is 0 Å². The van der Waals surface area contributed by atoms with E-state index in [0.717, 1.165) is 19.3 Å². The number of unbranched alkanes of at least 4 members (excludes halogenated alkanes) is 3. The molecule has 6 nitrogen and oxygen atoms in total. The highest BCUT2D eigenvalue weighted by Crippen LogP contribution is 2.22. The molecule has 0 aliphatic rings. The van der Waals surface area contributed by atoms with E-state index in [1.54, 1.807) is 19.2 Å². The Morgan fingerprint density at radius 1 is 1.14 bits per heavy atom. The van der Waals surface area contributed by atoms with Crippen LogP contribution in [0.4, 0.5) is 10.5 Å². The number of ether oxygens (including phenoxy) is 1. The Hall–Kier alpha value is -2.24. The van der Waals surface area contributed by atoms with Crippen molar-refractivity contribution in [1.29, 1.82) is 0 Å². The summed E-state index contributed by atoms with van der Waals surface area (Å²) in [4.78, 5) is 22.0. The molecule has 0 saturated heterocycles. The summed E-state index contributed by atoms with van der Waals surface area (Å²) in [5.41, 5.74) is 0.624. The number of carbonyl (C=O) groups excluding carboxylic acids is 1. The lowest BCUT2D eigenvalue weighted by molar-refractivity contribution is -0.137. The maximum atomic E-state index is 11.7. The molecular weight excluding hydrogens is 272 g/mol. The number of methoxy groups -OCH3 is 1. The first-order valence-corrected chi connectivity index (χ1v) is 7.03. The number of hydrogen-bond acceptors (Lipinski definition) is 3. The fraction of sp³-hybridized carbons (Fsp3) is 0.467. The number of urea groups is 1. The highest BCUT2D eigenvalue weighted by Gasteiger charge is 2.05. The molecule has 0 aromatic heterocycles. The molecule has 21 heavy (non-hydrogen) atoms. The third kappa shape index (κ3) is 7.20. The normalized spacial score (nSPS) is 9.95. The van der Waals surface area contributed by atoms with E-state index in [1.807, 2.05) is 12.1 Å². The fourth-order valence-corrected chi connectivity index (χ4v) is 1.87. The second-order valence-corrected chi connectivity index (χ2v) is 4.64. The van der Waals surface area contributed by atoms with Gasteiger partial charge in [-0.1, -0.05) is 25.0 Å². The van der Waals surface area contributed by atoms with Gasteiger partial charge in [-0.25, -0.2) is 4.79 Å². The Kier molecular flexibility index (Phi) is 7.71. The lowest BCUT2D eigenvalue weighted by Gasteiger charge is -2.10. The van der Waals surface area contributed by atoms with Crippen LogP contribution in [0.2, 0.25) is 0 Å². The Bertz CT molecular complexity index is 463. The van der Waals surface area contributed by atoms with Crippen LogP contribution in [0.3, 0.4) is 0 Å². The average Bonchev–Trinajstić information content (AvgIpc) is 2.46. The summed E-state index contributed by atoms with van der Waals surface area (Å²) < 4.78 is 5.15. The molecule has 0 spiro atoms. The van der Waals surface area contributed by atoms with Gasteiger partial charge in [0.1, 0.15) is 5.75 Å². The van der Waals surface area contributed by atoms with Gasteiger partial charge in [0.05, 0.1) is 12.8 Å². The maximum absolute atomic E-state index is 11.7. The van der Waals surface area contributed by atoms with Gasteiger partial charge >= 0.3 is 12.0 Å². The van der Waals surface area contributed by atoms with E-state index in [0.29, 0.717) is 24.4 Å². The van der Waals surface area contributed by atoms with E-state index >= 15 is 0 Å². The van der Waals surface area contributed by atoms with Crippen molar-refractivity contribution in [3.05, 3.63) is 24.3 Å². The number of amides is 2. The Morgan fingerprint density at radius 3 is 2.57 bits per heavy atom. The topological polar surface area (TPSA) is 87.7 Å². The van der Waals surface area contributed by atoms with Crippen LogP contribution >= 0.6 is 0 Å². The summed E-state index contributed by atoms with van der Waals surface area (Å²) in [6.07, 6.45) is 3.49. The molecule has 0 bridgehead atoms. The molecule has 1 aromatic rings. The second kappa shape index (κ2) is 9.63. The zero-order valence-corrected chi connectivity index (χ0v) is 12.2. The third-order valence-corrected chi connectivity index (χ3v) is 2.96. The highest BCUT2D eigenvalue weighted by molar-refractivity contribution is 5.90. The number of aliphatic carboxylic acids is 1. The minimum Gasteiger partial charge on any atom is -0.495 e. The van der Waals surface area contributed by atoms with E-state index in [1.165, 1.54) is 0 Å². The van der Waals surface area contributed by atoms with Crippen LogP contribution in [-0.4, -0.2) is 30.8 Å². The molecule has 0 aliphatic carbocycles. The minimum absolute atomic E-state index is 0.210. The van der Waals surface area contributed by atoms with Crippen LogP contribution in [0.5, 0.6) is 5.75 Å². The number of para-hydroxylation sites is 2. The van der Waals surface area contributed by atoms with Gasteiger partial charge in [-0.15, -0.1) is 0 Å². The zero-order chi connectivity index (χ0) is 15.5. The van der Waals surface area contributed by atoms with E-state index < -0.39 is 5.97 Å². The highest BCUT2D eigenvalue weighted by atomic mass is 16.5. The number of hydrogen-bond donors (Lipinski definition) is 3. The summed E-state index contributed by atoms with van der Waals surface area (Å²) in [5.74, 6) is -0.148. The van der Waals surface area contributed by atoms with Crippen LogP contribution in [-0.2, 0) is 4.79 Å². The Morgan fingerprint density at radius 2 is 1.86 bits per heavy atom. The van der Waals surface area contributed by atoms with Gasteiger partial charge in [-0.3, -0.25) is 4.79 Å². The molecular formula is C15H22N2O4. The molecule has 0 aliphatic heterocycles. The van der Waals surface area contributed by atoms with Gasteiger partial charge in [0.25, 0.3) is 0 Å². The maximum Gasteiger partial charge on any atom is 0.319 e. The van der Waals surface area contributed by atoms with Crippen LogP contribution in [0.15, 0.2) is 24.3 Å². The minimum atomic E-state index is -0.760. The molecule has 3 N–H and O–H groups in total. The number of carbonyl (C=O) groups is 2. The van der Waals surface area contributed by atoms with Gasteiger partial charge < -0.3 is 20.5 Å². The molecule has 1 rings (SSSR count). The first kappa shape index (κ1) is 16.8. The number of benzene rings is 1. The number of nitrogens with one attached hydrogen (secondary N) is 2. The predicted molar refractivity (Wildman–Crippen MR) is 80.7 cm³/mol. The van der Waals surface area contributed by atoms with Gasteiger partial charge in [0.2, 0.25) is 0 Å². The van der Waals surface area contributed by atoms with Gasteiger partial charge in [-0.2, -0.15) is 0 Å². The molecule has 116 valence electrons. The molecule has 2 amide bonds. The fourth-order valence-electron chi connectivity index (χ4n) is 1.87. The Labute approximate surface area is 124 Å². The van der Waals surface area contributed by atoms with E-state index in [4.69, 9.17) is 9.84 Å².